The molecule has 0 spiro atoms. The molecule has 0 unspecified atom stereocenters. The Labute approximate surface area is 171 Å². The molecule has 1 aliphatic rings. The lowest BCUT2D eigenvalue weighted by Gasteiger charge is -2.30. The standard InChI is InChI=1S/C22H28N4O3/c1-14(2)12-25(13-15(3)4)19-10-9-16(11-20(19)26(28)29)21-23-18-8-6-5-7-17(18)22(27)24-21/h5-11,14-15,21,23H,12-13H2,1-4H3,(H,24,27)/t21-/m1/s1. The van der Waals surface area contributed by atoms with Crippen molar-refractivity contribution in [1.82, 2.24) is 5.32 Å². The van der Waals surface area contributed by atoms with E-state index in [0.717, 1.165) is 13.1 Å². The molecule has 1 heterocycles. The molecule has 1 aliphatic heterocycles. The predicted octanol–water partition coefficient (Wildman–Crippen LogP) is 4.57. The molecule has 0 aliphatic carbocycles. The molecule has 1 atom stereocenters. The fraction of sp³-hybridized carbons (Fsp3) is 0.409. The Morgan fingerprint density at radius 3 is 2.31 bits per heavy atom. The minimum Gasteiger partial charge on any atom is -0.365 e. The Morgan fingerprint density at radius 2 is 1.69 bits per heavy atom. The van der Waals surface area contributed by atoms with Crippen molar-refractivity contribution in [2.75, 3.05) is 23.3 Å². The average molecular weight is 396 g/mol. The van der Waals surface area contributed by atoms with Crippen LogP contribution in [0.1, 0.15) is 49.8 Å². The smallest absolute Gasteiger partial charge is 0.292 e. The lowest BCUT2D eigenvalue weighted by Crippen LogP contribution is -2.38. The average Bonchev–Trinajstić information content (AvgIpc) is 2.66. The van der Waals surface area contributed by atoms with E-state index in [9.17, 15) is 14.9 Å². The van der Waals surface area contributed by atoms with Gasteiger partial charge in [-0.25, -0.2) is 0 Å². The number of hydrogen-bond acceptors (Lipinski definition) is 5. The number of para-hydroxylation sites is 1. The first-order valence-electron chi connectivity index (χ1n) is 9.96. The van der Waals surface area contributed by atoms with Gasteiger partial charge in [0.05, 0.1) is 10.5 Å². The molecule has 1 amide bonds. The third kappa shape index (κ3) is 4.67. The van der Waals surface area contributed by atoms with Crippen LogP contribution in [0.4, 0.5) is 17.1 Å². The number of anilines is 2. The molecule has 2 N–H and O–H groups in total. The Kier molecular flexibility index (Phi) is 6.06. The Bertz CT molecular complexity index is 901. The molecule has 0 saturated carbocycles. The van der Waals surface area contributed by atoms with Crippen molar-refractivity contribution < 1.29 is 9.72 Å². The molecule has 7 nitrogen and oxygen atoms in total. The zero-order chi connectivity index (χ0) is 21.1. The normalized spacial score (nSPS) is 15.7. The number of carbonyl (C=O) groups excluding carboxylic acids is 1. The van der Waals surface area contributed by atoms with Gasteiger partial charge in [0, 0.05) is 30.4 Å². The van der Waals surface area contributed by atoms with E-state index in [1.165, 1.54) is 0 Å². The molecule has 0 aromatic heterocycles. The molecule has 0 saturated heterocycles. The molecule has 2 aromatic rings. The van der Waals surface area contributed by atoms with Crippen molar-refractivity contribution in [3.63, 3.8) is 0 Å². The van der Waals surface area contributed by atoms with Crippen molar-refractivity contribution in [2.45, 2.75) is 33.9 Å². The van der Waals surface area contributed by atoms with E-state index >= 15 is 0 Å². The molecule has 154 valence electrons. The zero-order valence-electron chi connectivity index (χ0n) is 17.3. The van der Waals surface area contributed by atoms with Gasteiger partial charge in [-0.05, 0) is 30.0 Å². The molecule has 2 aromatic carbocycles. The van der Waals surface area contributed by atoms with E-state index in [0.29, 0.717) is 34.3 Å². The predicted molar refractivity (Wildman–Crippen MR) is 115 cm³/mol. The van der Waals surface area contributed by atoms with Crippen molar-refractivity contribution in [1.29, 1.82) is 0 Å². The third-order valence-corrected chi connectivity index (χ3v) is 4.79. The van der Waals surface area contributed by atoms with Crippen molar-refractivity contribution in [3.8, 4) is 0 Å². The molecule has 3 rings (SSSR count). The van der Waals surface area contributed by atoms with E-state index in [4.69, 9.17) is 0 Å². The maximum atomic E-state index is 12.4. The van der Waals surface area contributed by atoms with Gasteiger partial charge in [0.1, 0.15) is 11.9 Å². The molecular formula is C22H28N4O3. The molecule has 0 fully saturated rings. The first kappa shape index (κ1) is 20.6. The first-order valence-corrected chi connectivity index (χ1v) is 9.96. The highest BCUT2D eigenvalue weighted by atomic mass is 16.6. The number of nitrogens with zero attached hydrogens (tertiary/aromatic N) is 2. The molecule has 0 bridgehead atoms. The highest BCUT2D eigenvalue weighted by molar-refractivity contribution is 6.01. The minimum absolute atomic E-state index is 0.0544. The third-order valence-electron chi connectivity index (χ3n) is 4.79. The summed E-state index contributed by atoms with van der Waals surface area (Å²) in [6, 6.07) is 12.4. The van der Waals surface area contributed by atoms with Crippen LogP contribution in [0.25, 0.3) is 0 Å². The topological polar surface area (TPSA) is 87.5 Å². The van der Waals surface area contributed by atoms with E-state index in [1.54, 1.807) is 24.3 Å². The summed E-state index contributed by atoms with van der Waals surface area (Å²) in [4.78, 5) is 26.0. The zero-order valence-corrected chi connectivity index (χ0v) is 17.3. The quantitative estimate of drug-likeness (QED) is 0.529. The minimum atomic E-state index is -0.520. The van der Waals surface area contributed by atoms with Crippen LogP contribution in [0, 0.1) is 22.0 Å². The Morgan fingerprint density at radius 1 is 1.03 bits per heavy atom. The van der Waals surface area contributed by atoms with Crippen LogP contribution < -0.4 is 15.5 Å². The van der Waals surface area contributed by atoms with E-state index < -0.39 is 6.17 Å². The summed E-state index contributed by atoms with van der Waals surface area (Å²) in [6.45, 7) is 9.89. The van der Waals surface area contributed by atoms with Crippen LogP contribution in [-0.4, -0.2) is 23.9 Å². The number of nitro benzene ring substituents is 1. The van der Waals surface area contributed by atoms with Crippen molar-refractivity contribution >= 4 is 23.0 Å². The molecule has 7 heteroatoms. The lowest BCUT2D eigenvalue weighted by molar-refractivity contribution is -0.384. The van der Waals surface area contributed by atoms with E-state index in [1.807, 2.05) is 18.2 Å². The maximum Gasteiger partial charge on any atom is 0.292 e. The van der Waals surface area contributed by atoms with Crippen molar-refractivity contribution in [3.05, 3.63) is 63.7 Å². The van der Waals surface area contributed by atoms with Crippen LogP contribution in [0.3, 0.4) is 0 Å². The van der Waals surface area contributed by atoms with Gasteiger partial charge >= 0.3 is 0 Å². The summed E-state index contributed by atoms with van der Waals surface area (Å²) in [7, 11) is 0. The summed E-state index contributed by atoms with van der Waals surface area (Å²) < 4.78 is 0. The number of carbonyl (C=O) groups is 1. The number of nitrogens with one attached hydrogen (secondary N) is 2. The summed E-state index contributed by atoms with van der Waals surface area (Å²) in [5.74, 6) is 0.560. The first-order chi connectivity index (χ1) is 13.8. The van der Waals surface area contributed by atoms with E-state index in [-0.39, 0.29) is 16.5 Å². The highest BCUT2D eigenvalue weighted by Gasteiger charge is 2.28. The van der Waals surface area contributed by atoms with Crippen molar-refractivity contribution in [2.24, 2.45) is 11.8 Å². The second-order valence-electron chi connectivity index (χ2n) is 8.29. The number of amides is 1. The SMILES string of the molecule is CC(C)CN(CC(C)C)c1ccc([C@H]2NC(=O)c3ccccc3N2)cc1[N+](=O)[O-]. The van der Waals surface area contributed by atoms with Crippen LogP contribution in [0.2, 0.25) is 0 Å². The van der Waals surface area contributed by atoms with Crippen LogP contribution in [0.15, 0.2) is 42.5 Å². The summed E-state index contributed by atoms with van der Waals surface area (Å²) in [5, 5.41) is 18.0. The number of hydrogen-bond donors (Lipinski definition) is 2. The van der Waals surface area contributed by atoms with Gasteiger partial charge in [0.15, 0.2) is 0 Å². The monoisotopic (exact) mass is 396 g/mol. The molecule has 0 radical (unpaired) electrons. The van der Waals surface area contributed by atoms with Gasteiger partial charge < -0.3 is 15.5 Å². The number of rotatable bonds is 7. The number of benzene rings is 2. The highest BCUT2D eigenvalue weighted by Crippen LogP contribution is 2.34. The maximum absolute atomic E-state index is 12.4. The van der Waals surface area contributed by atoms with Crippen LogP contribution >= 0.6 is 0 Å². The summed E-state index contributed by atoms with van der Waals surface area (Å²) in [6.07, 6.45) is -0.520. The van der Waals surface area contributed by atoms with Crippen LogP contribution in [-0.2, 0) is 0 Å². The summed E-state index contributed by atoms with van der Waals surface area (Å²) >= 11 is 0. The van der Waals surface area contributed by atoms with E-state index in [2.05, 4.69) is 43.2 Å². The summed E-state index contributed by atoms with van der Waals surface area (Å²) in [5.41, 5.74) is 2.60. The van der Waals surface area contributed by atoms with Gasteiger partial charge in [-0.2, -0.15) is 0 Å². The van der Waals surface area contributed by atoms with Gasteiger partial charge in [-0.3, -0.25) is 14.9 Å². The lowest BCUT2D eigenvalue weighted by atomic mass is 10.0. The second kappa shape index (κ2) is 8.51. The van der Waals surface area contributed by atoms with Gasteiger partial charge in [0.2, 0.25) is 0 Å². The molecular weight excluding hydrogens is 368 g/mol. The number of nitro groups is 1. The largest absolute Gasteiger partial charge is 0.365 e. The Hall–Kier alpha value is -3.09. The fourth-order valence-electron chi connectivity index (χ4n) is 3.66. The van der Waals surface area contributed by atoms with Gasteiger partial charge in [0.25, 0.3) is 11.6 Å². The second-order valence-corrected chi connectivity index (χ2v) is 8.29. The Balaban J connectivity index is 1.96. The number of fused-ring (bicyclic) bond motifs is 1. The van der Waals surface area contributed by atoms with Crippen LogP contribution in [0.5, 0.6) is 0 Å². The fourth-order valence-corrected chi connectivity index (χ4v) is 3.66. The van der Waals surface area contributed by atoms with Gasteiger partial charge in [-0.1, -0.05) is 45.9 Å². The molecule has 29 heavy (non-hydrogen) atoms. The van der Waals surface area contributed by atoms with Gasteiger partial charge in [-0.15, -0.1) is 0 Å².